The van der Waals surface area contributed by atoms with Gasteiger partial charge >= 0.3 is 5.97 Å². The second-order valence-electron chi connectivity index (χ2n) is 4.98. The Balaban J connectivity index is 1.74. The number of nitrogens with one attached hydrogen (secondary N) is 1. The first-order valence-electron chi connectivity index (χ1n) is 7.03. The molecule has 0 spiro atoms. The summed E-state index contributed by atoms with van der Waals surface area (Å²) in [4.78, 5) is 10.7. The van der Waals surface area contributed by atoms with Crippen molar-refractivity contribution in [2.75, 3.05) is 5.32 Å². The third-order valence-corrected chi connectivity index (χ3v) is 3.28. The highest BCUT2D eigenvalue weighted by atomic mass is 19.1. The van der Waals surface area contributed by atoms with Crippen molar-refractivity contribution < 1.29 is 14.3 Å². The molecule has 2 aromatic heterocycles. The highest BCUT2D eigenvalue weighted by Gasteiger charge is 2.09. The molecule has 0 atom stereocenters. The molecular weight excluding hydrogens is 301 g/mol. The number of anilines is 1. The molecule has 0 amide bonds. The van der Waals surface area contributed by atoms with Crippen molar-refractivity contribution in [2.45, 2.75) is 19.4 Å². The molecule has 3 rings (SSSR count). The molecule has 7 nitrogen and oxygen atoms in total. The van der Waals surface area contributed by atoms with E-state index in [1.54, 1.807) is 24.3 Å². The van der Waals surface area contributed by atoms with E-state index in [0.29, 0.717) is 23.8 Å². The molecule has 0 fully saturated rings. The van der Waals surface area contributed by atoms with Crippen LogP contribution in [-0.2, 0) is 17.8 Å². The Kier molecular flexibility index (Phi) is 4.13. The van der Waals surface area contributed by atoms with Gasteiger partial charge in [0.2, 0.25) is 0 Å². The number of fused-ring (bicyclic) bond motifs is 1. The Morgan fingerprint density at radius 2 is 1.96 bits per heavy atom. The molecule has 0 radical (unpaired) electrons. The fourth-order valence-electron chi connectivity index (χ4n) is 2.10. The zero-order valence-electron chi connectivity index (χ0n) is 12.1. The second-order valence-corrected chi connectivity index (χ2v) is 4.98. The minimum Gasteiger partial charge on any atom is -0.481 e. The smallest absolute Gasteiger partial charge is 0.303 e. The van der Waals surface area contributed by atoms with Crippen molar-refractivity contribution in [1.82, 2.24) is 19.8 Å². The van der Waals surface area contributed by atoms with Gasteiger partial charge in [0, 0.05) is 13.0 Å². The normalized spacial score (nSPS) is 10.8. The van der Waals surface area contributed by atoms with Crippen LogP contribution < -0.4 is 5.32 Å². The van der Waals surface area contributed by atoms with Gasteiger partial charge in [-0.25, -0.2) is 4.39 Å². The van der Waals surface area contributed by atoms with E-state index in [-0.39, 0.29) is 18.7 Å². The Morgan fingerprint density at radius 3 is 2.70 bits per heavy atom. The van der Waals surface area contributed by atoms with Gasteiger partial charge in [-0.15, -0.1) is 15.3 Å². The lowest BCUT2D eigenvalue weighted by molar-refractivity contribution is -0.137. The summed E-state index contributed by atoms with van der Waals surface area (Å²) in [6, 6.07) is 9.69. The summed E-state index contributed by atoms with van der Waals surface area (Å²) in [5, 5.41) is 24.1. The van der Waals surface area contributed by atoms with Crippen molar-refractivity contribution in [3.63, 3.8) is 0 Å². The standard InChI is InChI=1S/C15H14FN5O2/c16-11-3-1-10(2-4-11)9-17-12-5-6-13-18-19-14(21(13)20-12)7-8-15(22)23/h1-6H,7-9H2,(H,17,20)(H,22,23). The Bertz CT molecular complexity index is 832. The van der Waals surface area contributed by atoms with Gasteiger partial charge in [0.25, 0.3) is 0 Å². The number of hydrogen-bond donors (Lipinski definition) is 2. The number of carboxylic acid groups (broad SMARTS) is 1. The highest BCUT2D eigenvalue weighted by molar-refractivity contribution is 5.66. The fraction of sp³-hybridized carbons (Fsp3) is 0.200. The van der Waals surface area contributed by atoms with Gasteiger partial charge in [-0.3, -0.25) is 4.79 Å². The fourth-order valence-corrected chi connectivity index (χ4v) is 2.10. The third kappa shape index (κ3) is 3.60. The predicted octanol–water partition coefficient (Wildman–Crippen LogP) is 1.89. The summed E-state index contributed by atoms with van der Waals surface area (Å²) in [6.07, 6.45) is 0.223. The Labute approximate surface area is 130 Å². The topological polar surface area (TPSA) is 92.4 Å². The van der Waals surface area contributed by atoms with Crippen LogP contribution >= 0.6 is 0 Å². The van der Waals surface area contributed by atoms with E-state index >= 15 is 0 Å². The molecule has 8 heteroatoms. The number of rotatable bonds is 6. The van der Waals surface area contributed by atoms with Crippen LogP contribution in [0.25, 0.3) is 5.65 Å². The van der Waals surface area contributed by atoms with Gasteiger partial charge in [0.1, 0.15) is 11.6 Å². The lowest BCUT2D eigenvalue weighted by Gasteiger charge is -2.06. The van der Waals surface area contributed by atoms with Gasteiger partial charge in [-0.05, 0) is 29.8 Å². The average molecular weight is 315 g/mol. The molecule has 1 aromatic carbocycles. The van der Waals surface area contributed by atoms with E-state index in [1.807, 2.05) is 0 Å². The lowest BCUT2D eigenvalue weighted by atomic mass is 10.2. The van der Waals surface area contributed by atoms with Crippen molar-refractivity contribution in [2.24, 2.45) is 0 Å². The summed E-state index contributed by atoms with van der Waals surface area (Å²) in [6.45, 7) is 0.491. The van der Waals surface area contributed by atoms with Crippen LogP contribution in [0.15, 0.2) is 36.4 Å². The molecule has 0 bridgehead atoms. The number of carbonyl (C=O) groups is 1. The van der Waals surface area contributed by atoms with E-state index < -0.39 is 5.97 Å². The van der Waals surface area contributed by atoms with Crippen molar-refractivity contribution in [3.05, 3.63) is 53.6 Å². The van der Waals surface area contributed by atoms with Gasteiger partial charge in [-0.2, -0.15) is 4.52 Å². The number of benzene rings is 1. The average Bonchev–Trinajstić information content (AvgIpc) is 2.95. The summed E-state index contributed by atoms with van der Waals surface area (Å²) < 4.78 is 14.4. The monoisotopic (exact) mass is 315 g/mol. The molecule has 0 saturated carbocycles. The molecule has 0 unspecified atom stereocenters. The van der Waals surface area contributed by atoms with Crippen LogP contribution in [0.5, 0.6) is 0 Å². The maximum Gasteiger partial charge on any atom is 0.303 e. The number of carboxylic acids is 1. The molecule has 0 aliphatic heterocycles. The van der Waals surface area contributed by atoms with Crippen LogP contribution in [0.4, 0.5) is 10.2 Å². The van der Waals surface area contributed by atoms with E-state index in [2.05, 4.69) is 20.6 Å². The van der Waals surface area contributed by atoms with Crippen LogP contribution in [-0.4, -0.2) is 30.9 Å². The first-order chi connectivity index (χ1) is 11.1. The number of aryl methyl sites for hydroxylation is 1. The first kappa shape index (κ1) is 14.9. The first-order valence-corrected chi connectivity index (χ1v) is 7.03. The third-order valence-electron chi connectivity index (χ3n) is 3.28. The highest BCUT2D eigenvalue weighted by Crippen LogP contribution is 2.10. The molecule has 0 aliphatic carbocycles. The molecule has 23 heavy (non-hydrogen) atoms. The number of nitrogens with zero attached hydrogens (tertiary/aromatic N) is 4. The quantitative estimate of drug-likeness (QED) is 0.721. The SMILES string of the molecule is O=C(O)CCc1nnc2ccc(NCc3ccc(F)cc3)nn12. The number of aromatic nitrogens is 4. The number of aliphatic carboxylic acids is 1. The summed E-state index contributed by atoms with van der Waals surface area (Å²) in [5.41, 5.74) is 1.47. The number of hydrogen-bond acceptors (Lipinski definition) is 5. The van der Waals surface area contributed by atoms with Crippen LogP contribution in [0.2, 0.25) is 0 Å². The zero-order chi connectivity index (χ0) is 16.2. The summed E-state index contributed by atoms with van der Waals surface area (Å²) in [5.74, 6) is -0.0840. The maximum atomic E-state index is 12.9. The van der Waals surface area contributed by atoms with Crippen molar-refractivity contribution in [1.29, 1.82) is 0 Å². The van der Waals surface area contributed by atoms with E-state index in [1.165, 1.54) is 16.6 Å². The van der Waals surface area contributed by atoms with Gasteiger partial charge in [-0.1, -0.05) is 12.1 Å². The molecule has 0 aliphatic rings. The van der Waals surface area contributed by atoms with Crippen LogP contribution in [0.3, 0.4) is 0 Å². The minimum absolute atomic E-state index is 0.0320. The molecular formula is C15H14FN5O2. The van der Waals surface area contributed by atoms with Crippen molar-refractivity contribution in [3.8, 4) is 0 Å². The lowest BCUT2D eigenvalue weighted by Crippen LogP contribution is -2.07. The molecule has 2 N–H and O–H groups in total. The van der Waals surface area contributed by atoms with E-state index in [0.717, 1.165) is 5.56 Å². The van der Waals surface area contributed by atoms with Crippen LogP contribution in [0, 0.1) is 5.82 Å². The number of halogens is 1. The summed E-state index contributed by atoms with van der Waals surface area (Å²) in [7, 11) is 0. The molecule has 118 valence electrons. The van der Waals surface area contributed by atoms with Crippen molar-refractivity contribution >= 4 is 17.4 Å². The molecule has 2 heterocycles. The Morgan fingerprint density at radius 1 is 1.17 bits per heavy atom. The minimum atomic E-state index is -0.896. The molecule has 0 saturated heterocycles. The van der Waals surface area contributed by atoms with Gasteiger partial charge < -0.3 is 10.4 Å². The Hall–Kier alpha value is -3.03. The maximum absolute atomic E-state index is 12.9. The van der Waals surface area contributed by atoms with Gasteiger partial charge in [0.05, 0.1) is 6.42 Å². The molecule has 3 aromatic rings. The zero-order valence-corrected chi connectivity index (χ0v) is 12.1. The van der Waals surface area contributed by atoms with Crippen LogP contribution in [0.1, 0.15) is 17.8 Å². The largest absolute Gasteiger partial charge is 0.481 e. The summed E-state index contributed by atoms with van der Waals surface area (Å²) >= 11 is 0. The second kappa shape index (κ2) is 6.39. The predicted molar refractivity (Wildman–Crippen MR) is 80.5 cm³/mol. The van der Waals surface area contributed by atoms with E-state index in [9.17, 15) is 9.18 Å². The van der Waals surface area contributed by atoms with Gasteiger partial charge in [0.15, 0.2) is 11.5 Å². The van der Waals surface area contributed by atoms with E-state index in [4.69, 9.17) is 5.11 Å².